The molecule has 21 heavy (non-hydrogen) atoms. The van der Waals surface area contributed by atoms with Gasteiger partial charge in [0.15, 0.2) is 0 Å². The first-order valence-electron chi connectivity index (χ1n) is 6.70. The predicted octanol–water partition coefficient (Wildman–Crippen LogP) is 2.08. The second-order valence-electron chi connectivity index (χ2n) is 5.69. The Morgan fingerprint density at radius 3 is 2.19 bits per heavy atom. The van der Waals surface area contributed by atoms with Crippen LogP contribution in [0.25, 0.3) is 0 Å². The molecule has 2 rings (SSSR count). The third kappa shape index (κ3) is 2.74. The minimum Gasteiger partial charge on any atom is -0.491 e. The van der Waals surface area contributed by atoms with Gasteiger partial charge in [0.1, 0.15) is 11.2 Å². The number of amides is 4. The van der Waals surface area contributed by atoms with Crippen molar-refractivity contribution >= 4 is 23.5 Å². The van der Waals surface area contributed by atoms with E-state index < -0.39 is 23.3 Å². The fourth-order valence-corrected chi connectivity index (χ4v) is 1.96. The summed E-state index contributed by atoms with van der Waals surface area (Å²) < 4.78 is 5.51. The lowest BCUT2D eigenvalue weighted by atomic mass is 9.88. The van der Waals surface area contributed by atoms with Crippen LogP contribution in [0.4, 0.5) is 10.5 Å². The van der Waals surface area contributed by atoms with Gasteiger partial charge in [-0.05, 0) is 52.0 Å². The normalized spacial score (nSPS) is 18.0. The molecule has 1 aliphatic heterocycles. The van der Waals surface area contributed by atoms with Crippen LogP contribution in [0.1, 0.15) is 27.7 Å². The van der Waals surface area contributed by atoms with E-state index >= 15 is 0 Å². The van der Waals surface area contributed by atoms with Gasteiger partial charge in [0.25, 0.3) is 0 Å². The average Bonchev–Trinajstić information content (AvgIpc) is 2.38. The van der Waals surface area contributed by atoms with Crippen LogP contribution in [-0.2, 0) is 9.59 Å². The molecule has 1 fully saturated rings. The molecule has 112 valence electrons. The van der Waals surface area contributed by atoms with Crippen molar-refractivity contribution in [1.29, 1.82) is 0 Å². The smallest absolute Gasteiger partial charge is 0.335 e. The second kappa shape index (κ2) is 5.20. The summed E-state index contributed by atoms with van der Waals surface area (Å²) in [4.78, 5) is 36.9. The Balaban J connectivity index is 2.30. The Labute approximate surface area is 123 Å². The summed E-state index contributed by atoms with van der Waals surface area (Å²) in [5.41, 5.74) is -0.879. The molecule has 0 aliphatic carbocycles. The molecule has 1 aliphatic rings. The fourth-order valence-electron chi connectivity index (χ4n) is 1.96. The zero-order chi connectivity index (χ0) is 15.8. The third-order valence-corrected chi connectivity index (χ3v) is 3.20. The van der Waals surface area contributed by atoms with Crippen LogP contribution in [0.15, 0.2) is 24.3 Å². The summed E-state index contributed by atoms with van der Waals surface area (Å²) >= 11 is 0. The molecule has 0 aromatic heterocycles. The second-order valence-corrected chi connectivity index (χ2v) is 5.69. The van der Waals surface area contributed by atoms with Crippen LogP contribution in [-0.4, -0.2) is 23.9 Å². The number of nitrogens with one attached hydrogen (secondary N) is 1. The van der Waals surface area contributed by atoms with Gasteiger partial charge in [0, 0.05) is 0 Å². The van der Waals surface area contributed by atoms with Gasteiger partial charge < -0.3 is 4.74 Å². The van der Waals surface area contributed by atoms with E-state index in [1.54, 1.807) is 24.3 Å². The van der Waals surface area contributed by atoms with Crippen molar-refractivity contribution in [2.24, 2.45) is 5.41 Å². The van der Waals surface area contributed by atoms with E-state index in [4.69, 9.17) is 4.74 Å². The summed E-state index contributed by atoms with van der Waals surface area (Å²) in [6.07, 6.45) is 0.0346. The van der Waals surface area contributed by atoms with Gasteiger partial charge in [-0.2, -0.15) is 0 Å². The highest BCUT2D eigenvalue weighted by Crippen LogP contribution is 2.29. The monoisotopic (exact) mass is 290 g/mol. The molecule has 0 spiro atoms. The van der Waals surface area contributed by atoms with Crippen LogP contribution in [0.5, 0.6) is 5.75 Å². The molecule has 0 bridgehead atoms. The zero-order valence-corrected chi connectivity index (χ0v) is 12.5. The molecule has 6 nitrogen and oxygen atoms in total. The number of carbonyl (C=O) groups is 3. The highest BCUT2D eigenvalue weighted by Gasteiger charge is 2.47. The maximum Gasteiger partial charge on any atom is 0.335 e. The number of imide groups is 2. The number of urea groups is 1. The van der Waals surface area contributed by atoms with Crippen LogP contribution >= 0.6 is 0 Å². The van der Waals surface area contributed by atoms with Crippen LogP contribution in [0.3, 0.4) is 0 Å². The summed E-state index contributed by atoms with van der Waals surface area (Å²) in [5, 5.41) is 2.19. The van der Waals surface area contributed by atoms with Gasteiger partial charge in [0.05, 0.1) is 11.8 Å². The van der Waals surface area contributed by atoms with Gasteiger partial charge in [-0.25, -0.2) is 9.69 Å². The quantitative estimate of drug-likeness (QED) is 0.865. The van der Waals surface area contributed by atoms with Crippen molar-refractivity contribution in [3.05, 3.63) is 24.3 Å². The number of nitrogens with zero attached hydrogens (tertiary/aromatic N) is 1. The number of carbonyl (C=O) groups excluding carboxylic acids is 3. The third-order valence-electron chi connectivity index (χ3n) is 3.20. The largest absolute Gasteiger partial charge is 0.491 e. The van der Waals surface area contributed by atoms with E-state index in [1.807, 2.05) is 13.8 Å². The lowest BCUT2D eigenvalue weighted by Gasteiger charge is -2.34. The predicted molar refractivity (Wildman–Crippen MR) is 77.0 cm³/mol. The lowest BCUT2D eigenvalue weighted by Crippen LogP contribution is -2.62. The van der Waals surface area contributed by atoms with E-state index in [0.717, 1.165) is 4.90 Å². The van der Waals surface area contributed by atoms with E-state index in [1.165, 1.54) is 13.8 Å². The number of hydrogen-bond acceptors (Lipinski definition) is 4. The Bertz CT molecular complexity index is 590. The van der Waals surface area contributed by atoms with E-state index in [-0.39, 0.29) is 6.10 Å². The highest BCUT2D eigenvalue weighted by atomic mass is 16.5. The molecule has 0 unspecified atom stereocenters. The highest BCUT2D eigenvalue weighted by molar-refractivity contribution is 6.29. The van der Waals surface area contributed by atoms with Gasteiger partial charge in [-0.15, -0.1) is 0 Å². The minimum absolute atomic E-state index is 0.0346. The fraction of sp³-hybridized carbons (Fsp3) is 0.400. The summed E-state index contributed by atoms with van der Waals surface area (Å²) in [6, 6.07) is 5.85. The van der Waals surface area contributed by atoms with Crippen molar-refractivity contribution in [2.75, 3.05) is 4.90 Å². The topological polar surface area (TPSA) is 75.7 Å². The molecule has 1 aromatic rings. The van der Waals surface area contributed by atoms with Crippen molar-refractivity contribution < 1.29 is 19.1 Å². The van der Waals surface area contributed by atoms with Crippen molar-refractivity contribution in [3.8, 4) is 5.75 Å². The average molecular weight is 290 g/mol. The number of anilines is 1. The van der Waals surface area contributed by atoms with Crippen LogP contribution < -0.4 is 15.0 Å². The van der Waals surface area contributed by atoms with Gasteiger partial charge in [-0.1, -0.05) is 0 Å². The Morgan fingerprint density at radius 1 is 1.10 bits per heavy atom. The summed E-state index contributed by atoms with van der Waals surface area (Å²) in [6.45, 7) is 6.79. The van der Waals surface area contributed by atoms with Gasteiger partial charge in [0.2, 0.25) is 11.8 Å². The molecule has 1 aromatic carbocycles. The molecule has 0 saturated carbocycles. The number of rotatable bonds is 3. The Morgan fingerprint density at radius 2 is 1.67 bits per heavy atom. The van der Waals surface area contributed by atoms with E-state index in [0.29, 0.717) is 11.4 Å². The molecule has 6 heteroatoms. The first-order chi connectivity index (χ1) is 9.73. The van der Waals surface area contributed by atoms with Crippen molar-refractivity contribution in [1.82, 2.24) is 5.32 Å². The summed E-state index contributed by atoms with van der Waals surface area (Å²) in [5.74, 6) is -0.490. The zero-order valence-electron chi connectivity index (χ0n) is 12.5. The molecule has 1 heterocycles. The number of barbiturate groups is 1. The molecular weight excluding hydrogens is 272 g/mol. The number of hydrogen-bond donors (Lipinski definition) is 1. The van der Waals surface area contributed by atoms with E-state index in [2.05, 4.69) is 5.32 Å². The van der Waals surface area contributed by atoms with Crippen molar-refractivity contribution in [3.63, 3.8) is 0 Å². The van der Waals surface area contributed by atoms with Gasteiger partial charge >= 0.3 is 6.03 Å². The number of ether oxygens (including phenoxy) is 1. The first-order valence-corrected chi connectivity index (χ1v) is 6.70. The van der Waals surface area contributed by atoms with Gasteiger partial charge in [-0.3, -0.25) is 14.9 Å². The number of benzene rings is 1. The maximum atomic E-state index is 12.3. The molecule has 1 N–H and O–H groups in total. The molecule has 4 amide bonds. The van der Waals surface area contributed by atoms with Crippen LogP contribution in [0.2, 0.25) is 0 Å². The van der Waals surface area contributed by atoms with Crippen LogP contribution in [0, 0.1) is 5.41 Å². The Kier molecular flexibility index (Phi) is 3.72. The molecule has 0 radical (unpaired) electrons. The summed E-state index contributed by atoms with van der Waals surface area (Å²) in [7, 11) is 0. The first kappa shape index (κ1) is 15.0. The minimum atomic E-state index is -1.28. The molecule has 1 saturated heterocycles. The lowest BCUT2D eigenvalue weighted by molar-refractivity contribution is -0.140. The standard InChI is InChI=1S/C15H18N2O4/c1-9(2)21-11-7-5-10(6-8-11)17-13(19)15(3,4)12(18)16-14(17)20/h5-9H,1-4H3,(H,16,18,20). The van der Waals surface area contributed by atoms with E-state index in [9.17, 15) is 14.4 Å². The SMILES string of the molecule is CC(C)Oc1ccc(N2C(=O)NC(=O)C(C)(C)C2=O)cc1. The van der Waals surface area contributed by atoms with Crippen molar-refractivity contribution in [2.45, 2.75) is 33.8 Å². The molecular formula is C15H18N2O4. The maximum absolute atomic E-state index is 12.3. The molecule has 0 atom stereocenters. The Hall–Kier alpha value is -2.37.